The maximum atomic E-state index is 13.0. The van der Waals surface area contributed by atoms with Gasteiger partial charge in [-0.2, -0.15) is 0 Å². The summed E-state index contributed by atoms with van der Waals surface area (Å²) in [6.07, 6.45) is -3.72. The molecule has 170 valence electrons. The van der Waals surface area contributed by atoms with E-state index in [4.69, 9.17) is 19.7 Å². The Bertz CT molecular complexity index is 938. The summed E-state index contributed by atoms with van der Waals surface area (Å²) < 4.78 is 22.7. The van der Waals surface area contributed by atoms with E-state index in [0.29, 0.717) is 0 Å². The zero-order valence-electron chi connectivity index (χ0n) is 16.2. The van der Waals surface area contributed by atoms with Crippen molar-refractivity contribution in [1.29, 1.82) is 0 Å². The van der Waals surface area contributed by atoms with Crippen LogP contribution < -0.4 is 0 Å². The van der Waals surface area contributed by atoms with Crippen LogP contribution in [0.4, 0.5) is 15.8 Å². The quantitative estimate of drug-likeness (QED) is 0.375. The van der Waals surface area contributed by atoms with Gasteiger partial charge in [-0.25, -0.2) is 14.0 Å². The first-order valence-corrected chi connectivity index (χ1v) is 8.95. The Hall–Kier alpha value is -3.97. The third-order valence-electron chi connectivity index (χ3n) is 4.17. The van der Waals surface area contributed by atoms with Gasteiger partial charge >= 0.3 is 11.9 Å². The molecule has 13 heteroatoms. The van der Waals surface area contributed by atoms with Gasteiger partial charge < -0.3 is 19.7 Å². The number of carbonyl (C=O) groups excluding carboxylic acids is 1. The first-order valence-electron chi connectivity index (χ1n) is 8.95. The van der Waals surface area contributed by atoms with Gasteiger partial charge in [0, 0.05) is 30.7 Å². The van der Waals surface area contributed by atoms with Crippen LogP contribution in [0.1, 0.15) is 27.1 Å². The van der Waals surface area contributed by atoms with E-state index in [1.807, 2.05) is 0 Å². The van der Waals surface area contributed by atoms with Crippen molar-refractivity contribution in [3.63, 3.8) is 0 Å². The second kappa shape index (κ2) is 10.9. The Balaban J connectivity index is 0.000000258. The summed E-state index contributed by atoms with van der Waals surface area (Å²) in [5, 5.41) is 38.1. The number of aliphatic hydroxyl groups is 1. The van der Waals surface area contributed by atoms with Crippen molar-refractivity contribution in [3.8, 4) is 0 Å². The molecule has 2 N–H and O–H groups in total. The topological polar surface area (TPSA) is 179 Å². The van der Waals surface area contributed by atoms with Gasteiger partial charge in [0.05, 0.1) is 27.1 Å². The van der Waals surface area contributed by atoms with Crippen molar-refractivity contribution in [2.24, 2.45) is 0 Å². The summed E-state index contributed by atoms with van der Waals surface area (Å²) >= 11 is 0. The largest absolute Gasteiger partial charge is 0.478 e. The van der Waals surface area contributed by atoms with E-state index in [0.717, 1.165) is 12.1 Å². The average molecular weight is 452 g/mol. The molecule has 2 aromatic carbocycles. The Morgan fingerprint density at radius 3 is 1.84 bits per heavy atom. The van der Waals surface area contributed by atoms with E-state index in [-0.39, 0.29) is 35.5 Å². The number of carboxylic acid groups (broad SMARTS) is 1. The molecule has 1 aliphatic heterocycles. The lowest BCUT2D eigenvalue weighted by Gasteiger charge is -2.10. The number of carbonyl (C=O) groups is 2. The second-order valence-electron chi connectivity index (χ2n) is 6.41. The maximum Gasteiger partial charge on any atom is 0.338 e. The van der Waals surface area contributed by atoms with Gasteiger partial charge in [0.25, 0.3) is 11.4 Å². The zero-order valence-corrected chi connectivity index (χ0v) is 16.2. The molecule has 1 saturated heterocycles. The number of benzene rings is 2. The van der Waals surface area contributed by atoms with Crippen molar-refractivity contribution >= 4 is 23.3 Å². The molecule has 1 fully saturated rings. The number of carboxylic acids is 1. The first kappa shape index (κ1) is 24.3. The van der Waals surface area contributed by atoms with E-state index < -0.39 is 40.4 Å². The highest BCUT2D eigenvalue weighted by Crippen LogP contribution is 2.22. The molecule has 32 heavy (non-hydrogen) atoms. The van der Waals surface area contributed by atoms with E-state index >= 15 is 0 Å². The summed E-state index contributed by atoms with van der Waals surface area (Å²) in [6, 6.07) is 9.60. The van der Waals surface area contributed by atoms with Gasteiger partial charge in [-0.15, -0.1) is 0 Å². The molecule has 12 nitrogen and oxygen atoms in total. The third-order valence-corrected chi connectivity index (χ3v) is 4.17. The number of aliphatic hydroxyl groups excluding tert-OH is 1. The Kier molecular flexibility index (Phi) is 8.26. The molecule has 0 aromatic heterocycles. The highest BCUT2D eigenvalue weighted by molar-refractivity contribution is 5.89. The van der Waals surface area contributed by atoms with Crippen LogP contribution in [0, 0.1) is 20.2 Å². The number of aromatic carboxylic acids is 1. The van der Waals surface area contributed by atoms with E-state index in [1.165, 1.54) is 36.4 Å². The maximum absolute atomic E-state index is 13.0. The summed E-state index contributed by atoms with van der Waals surface area (Å²) in [5.41, 5.74) is -0.0596. The molecule has 0 amide bonds. The molecular formula is C19H17FN2O10. The average Bonchev–Trinajstić information content (AvgIpc) is 3.09. The first-order chi connectivity index (χ1) is 15.1. The smallest absolute Gasteiger partial charge is 0.338 e. The molecule has 0 bridgehead atoms. The van der Waals surface area contributed by atoms with Crippen molar-refractivity contribution in [1.82, 2.24) is 0 Å². The summed E-state index contributed by atoms with van der Waals surface area (Å²) in [7, 11) is 0. The third kappa shape index (κ3) is 6.78. The van der Waals surface area contributed by atoms with E-state index in [2.05, 4.69) is 0 Å². The number of alkyl halides is 1. The van der Waals surface area contributed by atoms with Gasteiger partial charge in [-0.1, -0.05) is 0 Å². The van der Waals surface area contributed by atoms with Crippen LogP contribution in [0.25, 0.3) is 0 Å². The molecule has 0 saturated carbocycles. The van der Waals surface area contributed by atoms with Crippen molar-refractivity contribution in [2.75, 3.05) is 6.61 Å². The number of ether oxygens (including phenoxy) is 2. The van der Waals surface area contributed by atoms with Crippen LogP contribution >= 0.6 is 0 Å². The highest BCUT2D eigenvalue weighted by atomic mass is 19.1. The van der Waals surface area contributed by atoms with Crippen LogP contribution in [-0.4, -0.2) is 57.2 Å². The van der Waals surface area contributed by atoms with Gasteiger partial charge in [0.15, 0.2) is 12.5 Å². The number of rotatable bonds is 6. The van der Waals surface area contributed by atoms with Gasteiger partial charge in [-0.05, 0) is 24.3 Å². The van der Waals surface area contributed by atoms with Crippen molar-refractivity contribution < 1.29 is 43.5 Å². The molecule has 2 aromatic rings. The summed E-state index contributed by atoms with van der Waals surface area (Å²) in [5.74, 6) is -1.79. The van der Waals surface area contributed by atoms with Crippen LogP contribution in [0.15, 0.2) is 48.5 Å². The molecular weight excluding hydrogens is 435 g/mol. The fraction of sp³-hybridized carbons (Fsp3) is 0.263. The van der Waals surface area contributed by atoms with E-state index in [1.54, 1.807) is 0 Å². The minimum Gasteiger partial charge on any atom is -0.478 e. The number of non-ortho nitro benzene ring substituents is 2. The number of halogens is 1. The highest BCUT2D eigenvalue weighted by Gasteiger charge is 2.34. The normalized spacial score (nSPS) is 19.4. The zero-order chi connectivity index (χ0) is 23.8. The summed E-state index contributed by atoms with van der Waals surface area (Å²) in [4.78, 5) is 41.4. The number of esters is 1. The van der Waals surface area contributed by atoms with Crippen LogP contribution in [0.2, 0.25) is 0 Å². The molecule has 3 atom stereocenters. The van der Waals surface area contributed by atoms with E-state index in [9.17, 15) is 34.2 Å². The standard InChI is InChI=1S/C12H12FNO6.C7H5NO4/c13-10-5-9(20-12(10)16)6-19-11(15)7-1-3-8(4-2-7)14(17)18;9-7(10)5-1-3-6(4-2-5)8(11)12/h1-4,9-10,12,16H,5-6H2;1-4H,(H,9,10). The lowest BCUT2D eigenvalue weighted by molar-refractivity contribution is -0.385. The van der Waals surface area contributed by atoms with Crippen LogP contribution in [0.5, 0.6) is 0 Å². The number of hydrogen-bond acceptors (Lipinski definition) is 9. The molecule has 0 spiro atoms. The fourth-order valence-corrected chi connectivity index (χ4v) is 2.51. The fourth-order valence-electron chi connectivity index (χ4n) is 2.51. The minimum atomic E-state index is -1.49. The number of nitro benzene ring substituents is 2. The molecule has 0 radical (unpaired) electrons. The lowest BCUT2D eigenvalue weighted by Crippen LogP contribution is -2.19. The monoisotopic (exact) mass is 452 g/mol. The number of nitrogens with zero attached hydrogens (tertiary/aromatic N) is 2. The Labute approximate surface area is 179 Å². The van der Waals surface area contributed by atoms with Crippen LogP contribution in [0.3, 0.4) is 0 Å². The molecule has 1 aliphatic rings. The van der Waals surface area contributed by atoms with Gasteiger partial charge in [0.2, 0.25) is 0 Å². The predicted molar refractivity (Wildman–Crippen MR) is 104 cm³/mol. The Morgan fingerprint density at radius 2 is 1.47 bits per heavy atom. The SMILES string of the molecule is O=C(O)c1ccc([N+](=O)[O-])cc1.O=C(OCC1CC(F)C(O)O1)c1ccc([N+](=O)[O-])cc1. The number of hydrogen-bond donors (Lipinski definition) is 2. The van der Waals surface area contributed by atoms with Gasteiger partial charge in [-0.3, -0.25) is 20.2 Å². The minimum absolute atomic E-state index is 0.0422. The molecule has 3 unspecified atom stereocenters. The lowest BCUT2D eigenvalue weighted by atomic mass is 10.2. The molecule has 1 heterocycles. The summed E-state index contributed by atoms with van der Waals surface area (Å²) in [6.45, 7) is -0.187. The van der Waals surface area contributed by atoms with Crippen molar-refractivity contribution in [3.05, 3.63) is 79.9 Å². The molecule has 3 rings (SSSR count). The second-order valence-corrected chi connectivity index (χ2v) is 6.41. The van der Waals surface area contributed by atoms with Gasteiger partial charge in [0.1, 0.15) is 6.61 Å². The van der Waals surface area contributed by atoms with Crippen molar-refractivity contribution in [2.45, 2.75) is 25.0 Å². The number of nitro groups is 2. The van der Waals surface area contributed by atoms with Crippen LogP contribution in [-0.2, 0) is 9.47 Å². The molecule has 0 aliphatic carbocycles. The predicted octanol–water partition coefficient (Wildman–Crippen LogP) is 2.49. The Morgan fingerprint density at radius 1 is 1.00 bits per heavy atom.